The fourth-order valence-electron chi connectivity index (χ4n) is 2.16. The van der Waals surface area contributed by atoms with Crippen molar-refractivity contribution < 1.29 is 9.53 Å². The van der Waals surface area contributed by atoms with Crippen LogP contribution in [0.3, 0.4) is 0 Å². The molecule has 14 heavy (non-hydrogen) atoms. The number of hydrogen-bond acceptors (Lipinski definition) is 2. The van der Waals surface area contributed by atoms with Crippen LogP contribution in [0.25, 0.3) is 0 Å². The van der Waals surface area contributed by atoms with E-state index < -0.39 is 0 Å². The highest BCUT2D eigenvalue weighted by atomic mass is 16.5. The third-order valence-corrected chi connectivity index (χ3v) is 3.37. The lowest BCUT2D eigenvalue weighted by Gasteiger charge is -2.31. The first-order valence-corrected chi connectivity index (χ1v) is 5.64. The summed E-state index contributed by atoms with van der Waals surface area (Å²) in [6, 6.07) is 0.293. The summed E-state index contributed by atoms with van der Waals surface area (Å²) in [7, 11) is 0. The highest BCUT2D eigenvalue weighted by Gasteiger charge is 2.27. The molecule has 1 saturated carbocycles. The number of amides is 1. The lowest BCUT2D eigenvalue weighted by molar-refractivity contribution is -0.130. The second kappa shape index (κ2) is 4.30. The lowest BCUT2D eigenvalue weighted by atomic mass is 9.82. The Balaban J connectivity index is 1.74. The Morgan fingerprint density at radius 3 is 2.36 bits per heavy atom. The summed E-state index contributed by atoms with van der Waals surface area (Å²) >= 11 is 0. The van der Waals surface area contributed by atoms with Gasteiger partial charge in [0.25, 0.3) is 0 Å². The maximum atomic E-state index is 11.7. The Labute approximate surface area is 85.2 Å². The summed E-state index contributed by atoms with van der Waals surface area (Å²) in [6.45, 7) is 3.68. The van der Waals surface area contributed by atoms with Crippen molar-refractivity contribution in [1.29, 1.82) is 0 Å². The van der Waals surface area contributed by atoms with Crippen LogP contribution in [0.5, 0.6) is 0 Å². The molecule has 1 aliphatic carbocycles. The highest BCUT2D eigenvalue weighted by Crippen LogP contribution is 2.28. The first-order chi connectivity index (χ1) is 6.75. The van der Waals surface area contributed by atoms with Crippen molar-refractivity contribution >= 4 is 5.91 Å². The molecule has 0 aromatic rings. The molecule has 1 N–H and O–H groups in total. The van der Waals surface area contributed by atoms with Gasteiger partial charge in [0.2, 0.25) is 5.91 Å². The van der Waals surface area contributed by atoms with Gasteiger partial charge in [-0.1, -0.05) is 6.92 Å². The number of hydrogen-bond donors (Lipinski definition) is 1. The Morgan fingerprint density at radius 2 is 1.86 bits per heavy atom. The van der Waals surface area contributed by atoms with E-state index in [0.717, 1.165) is 18.8 Å². The van der Waals surface area contributed by atoms with Crippen LogP contribution in [0.15, 0.2) is 0 Å². The Hall–Kier alpha value is -0.570. The molecule has 1 amide bonds. The largest absolute Gasteiger partial charge is 0.377 e. The van der Waals surface area contributed by atoms with E-state index in [2.05, 4.69) is 12.2 Å². The Morgan fingerprint density at radius 1 is 1.21 bits per heavy atom. The van der Waals surface area contributed by atoms with E-state index in [0.29, 0.717) is 19.3 Å². The molecule has 80 valence electrons. The minimum atomic E-state index is 0.255. The van der Waals surface area contributed by atoms with E-state index >= 15 is 0 Å². The van der Waals surface area contributed by atoms with Gasteiger partial charge in [-0.05, 0) is 31.6 Å². The van der Waals surface area contributed by atoms with Gasteiger partial charge in [0.1, 0.15) is 0 Å². The number of nitrogens with one attached hydrogen (secondary N) is 1. The van der Waals surface area contributed by atoms with Crippen LogP contribution < -0.4 is 5.32 Å². The van der Waals surface area contributed by atoms with Gasteiger partial charge in [0.15, 0.2) is 0 Å². The van der Waals surface area contributed by atoms with Crippen LogP contribution in [-0.4, -0.2) is 25.2 Å². The van der Waals surface area contributed by atoms with Crippen LogP contribution in [0.4, 0.5) is 0 Å². The molecular formula is C11H19NO2. The highest BCUT2D eigenvalue weighted by molar-refractivity contribution is 5.79. The third-order valence-electron chi connectivity index (χ3n) is 3.37. The van der Waals surface area contributed by atoms with Crippen molar-refractivity contribution in [3.05, 3.63) is 0 Å². The molecule has 0 atom stereocenters. The second-order valence-corrected chi connectivity index (χ2v) is 4.70. The van der Waals surface area contributed by atoms with Crippen molar-refractivity contribution in [2.24, 2.45) is 11.8 Å². The minimum absolute atomic E-state index is 0.255. The first-order valence-electron chi connectivity index (χ1n) is 5.64. The summed E-state index contributed by atoms with van der Waals surface area (Å²) in [6.07, 6.45) is 4.56. The van der Waals surface area contributed by atoms with E-state index in [-0.39, 0.29) is 11.8 Å². The smallest absolute Gasteiger partial charge is 0.223 e. The molecule has 0 bridgehead atoms. The molecule has 3 nitrogen and oxygen atoms in total. The van der Waals surface area contributed by atoms with Crippen molar-refractivity contribution in [1.82, 2.24) is 5.32 Å². The van der Waals surface area contributed by atoms with Crippen LogP contribution in [0.1, 0.15) is 32.6 Å². The van der Waals surface area contributed by atoms with Crippen molar-refractivity contribution in [3.8, 4) is 0 Å². The van der Waals surface area contributed by atoms with Crippen molar-refractivity contribution in [3.63, 3.8) is 0 Å². The molecule has 3 heteroatoms. The molecule has 0 unspecified atom stereocenters. The van der Waals surface area contributed by atoms with E-state index in [1.54, 1.807) is 0 Å². The molecular weight excluding hydrogens is 178 g/mol. The number of carbonyl (C=O) groups excluding carboxylic acids is 1. The van der Waals surface area contributed by atoms with Gasteiger partial charge in [-0.25, -0.2) is 0 Å². The van der Waals surface area contributed by atoms with Gasteiger partial charge in [-0.2, -0.15) is 0 Å². The van der Waals surface area contributed by atoms with E-state index in [1.165, 1.54) is 12.8 Å². The van der Waals surface area contributed by atoms with E-state index in [9.17, 15) is 4.79 Å². The predicted octanol–water partition coefficient (Wildman–Crippen LogP) is 1.33. The standard InChI is InChI=1S/C11H19NO2/c1-8-2-4-9(5-3-8)11(13)12-10-6-14-7-10/h8-10H,2-7H2,1H3,(H,12,13). The molecule has 0 spiro atoms. The van der Waals surface area contributed by atoms with E-state index in [4.69, 9.17) is 4.74 Å². The number of rotatable bonds is 2. The fraction of sp³-hybridized carbons (Fsp3) is 0.909. The average molecular weight is 197 g/mol. The molecule has 0 radical (unpaired) electrons. The van der Waals surface area contributed by atoms with Gasteiger partial charge in [-0.15, -0.1) is 0 Å². The molecule has 1 heterocycles. The maximum Gasteiger partial charge on any atom is 0.223 e. The zero-order valence-corrected chi connectivity index (χ0v) is 8.79. The normalized spacial score (nSPS) is 33.5. The van der Waals surface area contributed by atoms with Crippen LogP contribution in [0.2, 0.25) is 0 Å². The monoisotopic (exact) mass is 197 g/mol. The summed E-state index contributed by atoms with van der Waals surface area (Å²) in [5.41, 5.74) is 0. The van der Waals surface area contributed by atoms with Crippen LogP contribution in [0, 0.1) is 11.8 Å². The SMILES string of the molecule is CC1CCC(C(=O)NC2COC2)CC1. The predicted molar refractivity (Wildman–Crippen MR) is 53.9 cm³/mol. The Kier molecular flexibility index (Phi) is 3.06. The minimum Gasteiger partial charge on any atom is -0.377 e. The topological polar surface area (TPSA) is 38.3 Å². The van der Waals surface area contributed by atoms with Crippen molar-refractivity contribution in [2.45, 2.75) is 38.6 Å². The zero-order chi connectivity index (χ0) is 9.97. The lowest BCUT2D eigenvalue weighted by Crippen LogP contribution is -2.50. The van der Waals surface area contributed by atoms with Gasteiger partial charge in [0.05, 0.1) is 19.3 Å². The fourth-order valence-corrected chi connectivity index (χ4v) is 2.16. The van der Waals surface area contributed by atoms with Gasteiger partial charge < -0.3 is 10.1 Å². The molecule has 2 aliphatic rings. The van der Waals surface area contributed by atoms with Gasteiger partial charge in [0, 0.05) is 5.92 Å². The first kappa shape index (κ1) is 9.97. The molecule has 2 rings (SSSR count). The molecule has 2 fully saturated rings. The summed E-state index contributed by atoms with van der Waals surface area (Å²) in [5.74, 6) is 1.34. The number of ether oxygens (including phenoxy) is 1. The Bertz CT molecular complexity index is 205. The van der Waals surface area contributed by atoms with E-state index in [1.807, 2.05) is 0 Å². The molecule has 0 aromatic heterocycles. The summed E-state index contributed by atoms with van der Waals surface area (Å²) < 4.78 is 5.03. The molecule has 1 aliphatic heterocycles. The number of carbonyl (C=O) groups is 1. The van der Waals surface area contributed by atoms with Crippen LogP contribution >= 0.6 is 0 Å². The van der Waals surface area contributed by atoms with Crippen molar-refractivity contribution in [2.75, 3.05) is 13.2 Å². The van der Waals surface area contributed by atoms with Gasteiger partial charge >= 0.3 is 0 Å². The summed E-state index contributed by atoms with van der Waals surface area (Å²) in [5, 5.41) is 3.04. The maximum absolute atomic E-state index is 11.7. The average Bonchev–Trinajstić information content (AvgIpc) is 2.12. The third kappa shape index (κ3) is 2.27. The second-order valence-electron chi connectivity index (χ2n) is 4.70. The molecule has 0 aromatic carbocycles. The van der Waals surface area contributed by atoms with Gasteiger partial charge in [-0.3, -0.25) is 4.79 Å². The summed E-state index contributed by atoms with van der Waals surface area (Å²) in [4.78, 5) is 11.7. The van der Waals surface area contributed by atoms with Crippen LogP contribution in [-0.2, 0) is 9.53 Å². The quantitative estimate of drug-likeness (QED) is 0.725. The molecule has 1 saturated heterocycles. The zero-order valence-electron chi connectivity index (χ0n) is 8.79.